The number of benzene rings is 5. The zero-order chi connectivity index (χ0) is 29.0. The van der Waals surface area contributed by atoms with Crippen molar-refractivity contribution in [3.8, 4) is 0 Å². The lowest BCUT2D eigenvalue weighted by molar-refractivity contribution is -0.119. The Kier molecular flexibility index (Phi) is 5.88. The molecule has 8 rings (SSSR count). The second-order valence-corrected chi connectivity index (χ2v) is 11.8. The van der Waals surface area contributed by atoms with E-state index in [1.807, 2.05) is 78.1 Å². The van der Waals surface area contributed by atoms with E-state index < -0.39 is 11.0 Å². The van der Waals surface area contributed by atoms with Crippen molar-refractivity contribution in [3.05, 3.63) is 185 Å². The average Bonchev–Trinajstić information content (AvgIpc) is 3.55. The van der Waals surface area contributed by atoms with E-state index in [1.165, 1.54) is 0 Å². The van der Waals surface area contributed by atoms with Crippen LogP contribution in [0.4, 0.5) is 11.5 Å². The summed E-state index contributed by atoms with van der Waals surface area (Å²) in [7, 11) is 0. The van der Waals surface area contributed by atoms with Gasteiger partial charge in [-0.25, -0.2) is 4.98 Å². The van der Waals surface area contributed by atoms with Crippen molar-refractivity contribution in [2.75, 3.05) is 4.90 Å². The molecule has 0 unspecified atom stereocenters. The number of rotatable bonds is 6. The highest BCUT2D eigenvalue weighted by Gasteiger charge is 2.67. The zero-order valence-corrected chi connectivity index (χ0v) is 24.1. The van der Waals surface area contributed by atoms with Gasteiger partial charge in [0.25, 0.3) is 0 Å². The number of anilines is 2. The first-order chi connectivity index (χ1) is 21.1. The number of carbonyl (C=O) groups excluding carboxylic acids is 1. The highest BCUT2D eigenvalue weighted by atomic mass is 35.5. The number of halogens is 1. The molecule has 0 radical (unpaired) electrons. The molecule has 0 N–H and O–H groups in total. The number of para-hydroxylation sites is 1. The Morgan fingerprint density at radius 3 is 1.81 bits per heavy atom. The second-order valence-electron chi connectivity index (χ2n) is 11.4. The molecular weight excluding hydrogens is 550 g/mol. The van der Waals surface area contributed by atoms with E-state index in [0.29, 0.717) is 10.8 Å². The second kappa shape index (κ2) is 9.82. The lowest BCUT2D eigenvalue weighted by atomic mass is 9.77. The molecule has 0 saturated heterocycles. The molecule has 1 amide bonds. The summed E-state index contributed by atoms with van der Waals surface area (Å²) < 4.78 is 2.16. The van der Waals surface area contributed by atoms with Crippen LogP contribution in [0.2, 0.25) is 5.02 Å². The maximum absolute atomic E-state index is 14.5. The molecule has 2 aliphatic rings. The number of fused-ring (bicyclic) bond motifs is 2. The molecular formula is C38H28ClN3O. The molecule has 6 aromatic rings. The molecule has 1 spiro atoms. The van der Waals surface area contributed by atoms with Crippen molar-refractivity contribution in [1.82, 2.24) is 9.55 Å². The Balaban J connectivity index is 1.29. The van der Waals surface area contributed by atoms with Crippen LogP contribution in [0, 0.1) is 0 Å². The lowest BCUT2D eigenvalue weighted by Crippen LogP contribution is -2.37. The SMILES string of the molecule is O=C1N(c2cn(C(c3ccccc3)(c3ccccc3)c3ccccc3)cn2)c2ccccc2[C@@]12C[C@@H]2c1ccc(Cl)cc1. The lowest BCUT2D eigenvalue weighted by Gasteiger charge is -2.37. The Bertz CT molecular complexity index is 1840. The average molecular weight is 578 g/mol. The summed E-state index contributed by atoms with van der Waals surface area (Å²) in [5.41, 5.74) is 5.11. The standard InChI is InChI=1S/C38H28ClN3O/c39-31-22-20-27(21-23-31)33-24-37(33)32-18-10-11-19-34(32)42(36(37)43)35-25-41(26-40-35)38(28-12-4-1-5-13-28,29-14-6-2-7-15-29)30-16-8-3-9-17-30/h1-23,25-26,33H,24H2/t33-,37-/m1/s1. The summed E-state index contributed by atoms with van der Waals surface area (Å²) in [6.07, 6.45) is 4.66. The molecule has 1 aromatic heterocycles. The van der Waals surface area contributed by atoms with Gasteiger partial charge in [0.1, 0.15) is 5.54 Å². The minimum atomic E-state index is -0.708. The molecule has 208 valence electrons. The third-order valence-electron chi connectivity index (χ3n) is 9.20. The zero-order valence-electron chi connectivity index (χ0n) is 23.3. The van der Waals surface area contributed by atoms with E-state index in [1.54, 1.807) is 0 Å². The minimum absolute atomic E-state index is 0.0728. The smallest absolute Gasteiger partial charge is 0.244 e. The van der Waals surface area contributed by atoms with Gasteiger partial charge in [-0.05, 0) is 52.4 Å². The van der Waals surface area contributed by atoms with Gasteiger partial charge in [-0.3, -0.25) is 9.69 Å². The van der Waals surface area contributed by atoms with Crippen molar-refractivity contribution in [1.29, 1.82) is 0 Å². The molecule has 1 aliphatic heterocycles. The van der Waals surface area contributed by atoms with Crippen molar-refractivity contribution in [2.45, 2.75) is 23.3 Å². The molecule has 2 heterocycles. The number of imidazole rings is 1. The summed E-state index contributed by atoms with van der Waals surface area (Å²) in [6, 6.07) is 47.6. The van der Waals surface area contributed by atoms with E-state index in [-0.39, 0.29) is 11.8 Å². The minimum Gasteiger partial charge on any atom is -0.317 e. The summed E-state index contributed by atoms with van der Waals surface area (Å²) >= 11 is 6.19. The first-order valence-electron chi connectivity index (χ1n) is 14.5. The molecule has 5 aromatic carbocycles. The monoisotopic (exact) mass is 577 g/mol. The number of amides is 1. The predicted molar refractivity (Wildman–Crippen MR) is 171 cm³/mol. The maximum atomic E-state index is 14.5. The molecule has 5 heteroatoms. The van der Waals surface area contributed by atoms with Crippen LogP contribution in [0.25, 0.3) is 0 Å². The fourth-order valence-corrected chi connectivity index (χ4v) is 7.31. The van der Waals surface area contributed by atoms with Crippen LogP contribution in [-0.4, -0.2) is 15.5 Å². The Hall–Kier alpha value is -4.93. The number of carbonyl (C=O) groups is 1. The largest absolute Gasteiger partial charge is 0.317 e. The van der Waals surface area contributed by atoms with Gasteiger partial charge < -0.3 is 4.57 Å². The van der Waals surface area contributed by atoms with Gasteiger partial charge in [0.2, 0.25) is 5.91 Å². The van der Waals surface area contributed by atoms with E-state index in [4.69, 9.17) is 16.6 Å². The van der Waals surface area contributed by atoms with Crippen LogP contribution >= 0.6 is 11.6 Å². The first kappa shape index (κ1) is 25.8. The van der Waals surface area contributed by atoms with Gasteiger partial charge in [0.15, 0.2) is 5.82 Å². The first-order valence-corrected chi connectivity index (χ1v) is 14.9. The highest BCUT2D eigenvalue weighted by molar-refractivity contribution is 6.30. The fourth-order valence-electron chi connectivity index (χ4n) is 7.19. The summed E-state index contributed by atoms with van der Waals surface area (Å²) in [4.78, 5) is 21.3. The molecule has 1 aliphatic carbocycles. The van der Waals surface area contributed by atoms with Gasteiger partial charge in [0.05, 0.1) is 23.6 Å². The van der Waals surface area contributed by atoms with E-state index in [9.17, 15) is 4.79 Å². The number of hydrogen-bond donors (Lipinski definition) is 0. The summed E-state index contributed by atoms with van der Waals surface area (Å²) in [6.45, 7) is 0. The van der Waals surface area contributed by atoms with Crippen molar-refractivity contribution < 1.29 is 4.79 Å². The van der Waals surface area contributed by atoms with Crippen LogP contribution in [0.15, 0.2) is 152 Å². The van der Waals surface area contributed by atoms with Crippen LogP contribution in [0.5, 0.6) is 0 Å². The number of hydrogen-bond acceptors (Lipinski definition) is 2. The van der Waals surface area contributed by atoms with Gasteiger partial charge >= 0.3 is 0 Å². The fraction of sp³-hybridized carbons (Fsp3) is 0.105. The Morgan fingerprint density at radius 1 is 0.698 bits per heavy atom. The van der Waals surface area contributed by atoms with Gasteiger partial charge in [-0.15, -0.1) is 0 Å². The third-order valence-corrected chi connectivity index (χ3v) is 9.46. The van der Waals surface area contributed by atoms with E-state index in [0.717, 1.165) is 39.9 Å². The van der Waals surface area contributed by atoms with Gasteiger partial charge in [0, 0.05) is 10.9 Å². The topological polar surface area (TPSA) is 38.1 Å². The van der Waals surface area contributed by atoms with Gasteiger partial charge in [-0.2, -0.15) is 0 Å². The van der Waals surface area contributed by atoms with E-state index >= 15 is 0 Å². The number of aromatic nitrogens is 2. The van der Waals surface area contributed by atoms with Gasteiger partial charge in [-0.1, -0.05) is 133 Å². The highest BCUT2D eigenvalue weighted by Crippen LogP contribution is 2.67. The molecule has 1 fully saturated rings. The Morgan fingerprint density at radius 2 is 1.23 bits per heavy atom. The van der Waals surface area contributed by atoms with Crippen LogP contribution in [0.1, 0.15) is 40.2 Å². The molecule has 2 atom stereocenters. The van der Waals surface area contributed by atoms with Crippen molar-refractivity contribution >= 4 is 29.0 Å². The molecule has 1 saturated carbocycles. The predicted octanol–water partition coefficient (Wildman–Crippen LogP) is 8.48. The Labute approximate surface area is 255 Å². The normalized spacial score (nSPS) is 19.0. The number of nitrogens with zero attached hydrogens (tertiary/aromatic N) is 3. The molecule has 4 nitrogen and oxygen atoms in total. The van der Waals surface area contributed by atoms with Crippen molar-refractivity contribution in [2.24, 2.45) is 0 Å². The maximum Gasteiger partial charge on any atom is 0.244 e. The quantitative estimate of drug-likeness (QED) is 0.186. The molecule has 0 bridgehead atoms. The molecule has 43 heavy (non-hydrogen) atoms. The van der Waals surface area contributed by atoms with Crippen LogP contribution in [0.3, 0.4) is 0 Å². The van der Waals surface area contributed by atoms with Crippen LogP contribution in [-0.2, 0) is 15.7 Å². The van der Waals surface area contributed by atoms with Crippen LogP contribution < -0.4 is 4.90 Å². The van der Waals surface area contributed by atoms with E-state index in [2.05, 4.69) is 83.4 Å². The van der Waals surface area contributed by atoms with Crippen molar-refractivity contribution in [3.63, 3.8) is 0 Å². The summed E-state index contributed by atoms with van der Waals surface area (Å²) in [5.74, 6) is 0.787. The summed E-state index contributed by atoms with van der Waals surface area (Å²) in [5, 5.41) is 0.697. The third kappa shape index (κ3) is 3.76.